The predicted octanol–water partition coefficient (Wildman–Crippen LogP) is 2.04. The standard InChI is InChI=1S/C14H16N2O3/c1-8-15-11-5-9(3-4-13(11)19-8)7-16(2)12-6-10(12)14(17)18/h3-5,10,12H,6-7H2,1-2H3,(H,17,18). The van der Waals surface area contributed by atoms with Gasteiger partial charge in [0.05, 0.1) is 5.92 Å². The molecule has 0 radical (unpaired) electrons. The van der Waals surface area contributed by atoms with Crippen LogP contribution in [0, 0.1) is 12.8 Å². The summed E-state index contributed by atoms with van der Waals surface area (Å²) in [6.07, 6.45) is 0.747. The van der Waals surface area contributed by atoms with Crippen LogP contribution in [0.4, 0.5) is 0 Å². The molecule has 0 saturated heterocycles. The van der Waals surface area contributed by atoms with Crippen molar-refractivity contribution >= 4 is 17.1 Å². The SMILES string of the molecule is Cc1nc2cc(CN(C)C3CC3C(=O)O)ccc2o1. The third kappa shape index (κ3) is 2.33. The van der Waals surface area contributed by atoms with Crippen molar-refractivity contribution in [3.63, 3.8) is 0 Å². The van der Waals surface area contributed by atoms with Gasteiger partial charge >= 0.3 is 5.97 Å². The fourth-order valence-electron chi connectivity index (χ4n) is 2.53. The maximum Gasteiger partial charge on any atom is 0.308 e. The first-order chi connectivity index (χ1) is 9.04. The maximum absolute atomic E-state index is 10.9. The molecule has 1 aliphatic carbocycles. The van der Waals surface area contributed by atoms with Gasteiger partial charge in [-0.2, -0.15) is 0 Å². The largest absolute Gasteiger partial charge is 0.481 e. The van der Waals surface area contributed by atoms with Gasteiger partial charge in [0.1, 0.15) is 5.52 Å². The number of oxazole rings is 1. The Labute approximate surface area is 110 Å². The molecular weight excluding hydrogens is 244 g/mol. The van der Waals surface area contributed by atoms with Gasteiger partial charge in [0, 0.05) is 19.5 Å². The molecule has 1 aromatic carbocycles. The van der Waals surface area contributed by atoms with E-state index >= 15 is 0 Å². The molecule has 0 aliphatic heterocycles. The van der Waals surface area contributed by atoms with E-state index in [9.17, 15) is 4.79 Å². The highest BCUT2D eigenvalue weighted by molar-refractivity contribution is 5.74. The van der Waals surface area contributed by atoms with Crippen molar-refractivity contribution in [1.29, 1.82) is 0 Å². The van der Waals surface area contributed by atoms with Crippen molar-refractivity contribution in [1.82, 2.24) is 9.88 Å². The van der Waals surface area contributed by atoms with Gasteiger partial charge < -0.3 is 9.52 Å². The summed E-state index contributed by atoms with van der Waals surface area (Å²) in [5.41, 5.74) is 2.77. The fourth-order valence-corrected chi connectivity index (χ4v) is 2.53. The summed E-state index contributed by atoms with van der Waals surface area (Å²) < 4.78 is 5.43. The molecule has 0 amide bonds. The van der Waals surface area contributed by atoms with Crippen molar-refractivity contribution in [3.05, 3.63) is 29.7 Å². The van der Waals surface area contributed by atoms with Gasteiger partial charge in [0.15, 0.2) is 11.5 Å². The maximum atomic E-state index is 10.9. The van der Waals surface area contributed by atoms with Crippen LogP contribution in [-0.4, -0.2) is 34.0 Å². The molecule has 2 aromatic rings. The summed E-state index contributed by atoms with van der Waals surface area (Å²) in [5, 5.41) is 8.93. The van der Waals surface area contributed by atoms with Crippen molar-refractivity contribution in [2.24, 2.45) is 5.92 Å². The zero-order valence-corrected chi connectivity index (χ0v) is 11.0. The van der Waals surface area contributed by atoms with E-state index in [1.54, 1.807) is 0 Å². The van der Waals surface area contributed by atoms with Gasteiger partial charge in [-0.3, -0.25) is 9.69 Å². The molecule has 1 fully saturated rings. The van der Waals surface area contributed by atoms with Gasteiger partial charge in [0.25, 0.3) is 0 Å². The van der Waals surface area contributed by atoms with Gasteiger partial charge in [-0.25, -0.2) is 4.98 Å². The zero-order valence-electron chi connectivity index (χ0n) is 11.0. The van der Waals surface area contributed by atoms with E-state index < -0.39 is 5.97 Å². The zero-order chi connectivity index (χ0) is 13.6. The molecule has 100 valence electrons. The Hall–Kier alpha value is -1.88. The molecule has 19 heavy (non-hydrogen) atoms. The van der Waals surface area contributed by atoms with E-state index in [1.807, 2.05) is 32.2 Å². The Morgan fingerprint density at radius 3 is 3.05 bits per heavy atom. The highest BCUT2D eigenvalue weighted by Crippen LogP contribution is 2.35. The third-order valence-corrected chi connectivity index (χ3v) is 3.63. The molecule has 1 aliphatic rings. The second kappa shape index (κ2) is 4.35. The number of fused-ring (bicyclic) bond motifs is 1. The van der Waals surface area contributed by atoms with Crippen LogP contribution >= 0.6 is 0 Å². The lowest BCUT2D eigenvalue weighted by Crippen LogP contribution is -2.23. The van der Waals surface area contributed by atoms with E-state index in [0.717, 1.165) is 29.6 Å². The average molecular weight is 260 g/mol. The lowest BCUT2D eigenvalue weighted by Gasteiger charge is -2.16. The Kier molecular flexibility index (Phi) is 2.78. The topological polar surface area (TPSA) is 66.6 Å². The molecule has 1 aromatic heterocycles. The van der Waals surface area contributed by atoms with Crippen molar-refractivity contribution in [2.45, 2.75) is 25.9 Å². The number of rotatable bonds is 4. The van der Waals surface area contributed by atoms with Crippen molar-refractivity contribution in [3.8, 4) is 0 Å². The lowest BCUT2D eigenvalue weighted by molar-refractivity contribution is -0.138. The number of hydrogen-bond donors (Lipinski definition) is 1. The van der Waals surface area contributed by atoms with Gasteiger partial charge in [-0.15, -0.1) is 0 Å². The van der Waals surface area contributed by atoms with Gasteiger partial charge in [-0.1, -0.05) is 6.07 Å². The first kappa shape index (κ1) is 12.2. The highest BCUT2D eigenvalue weighted by atomic mass is 16.4. The molecule has 2 atom stereocenters. The van der Waals surface area contributed by atoms with Crippen LogP contribution in [0.3, 0.4) is 0 Å². The molecule has 3 rings (SSSR count). The Morgan fingerprint density at radius 2 is 2.37 bits per heavy atom. The Bertz CT molecular complexity index is 635. The number of carbonyl (C=O) groups is 1. The Balaban J connectivity index is 1.73. The molecular formula is C14H16N2O3. The predicted molar refractivity (Wildman–Crippen MR) is 69.7 cm³/mol. The summed E-state index contributed by atoms with van der Waals surface area (Å²) in [6.45, 7) is 2.56. The number of aromatic nitrogens is 1. The number of hydrogen-bond acceptors (Lipinski definition) is 4. The van der Waals surface area contributed by atoms with E-state index in [1.165, 1.54) is 0 Å². The number of aliphatic carboxylic acids is 1. The van der Waals surface area contributed by atoms with E-state index in [0.29, 0.717) is 5.89 Å². The summed E-state index contributed by atoms with van der Waals surface area (Å²) in [4.78, 5) is 17.3. The lowest BCUT2D eigenvalue weighted by atomic mass is 10.2. The monoisotopic (exact) mass is 260 g/mol. The summed E-state index contributed by atoms with van der Waals surface area (Å²) in [5.74, 6) is -0.240. The van der Waals surface area contributed by atoms with E-state index in [-0.39, 0.29) is 12.0 Å². The number of benzene rings is 1. The van der Waals surface area contributed by atoms with Crippen molar-refractivity contribution < 1.29 is 14.3 Å². The minimum absolute atomic E-state index is 0.159. The van der Waals surface area contributed by atoms with Crippen LogP contribution in [-0.2, 0) is 11.3 Å². The van der Waals surface area contributed by atoms with Crippen LogP contribution in [0.2, 0.25) is 0 Å². The highest BCUT2D eigenvalue weighted by Gasteiger charge is 2.45. The van der Waals surface area contributed by atoms with Crippen LogP contribution in [0.1, 0.15) is 17.9 Å². The third-order valence-electron chi connectivity index (χ3n) is 3.63. The summed E-state index contributed by atoms with van der Waals surface area (Å²) >= 11 is 0. The van der Waals surface area contributed by atoms with Gasteiger partial charge in [0.2, 0.25) is 0 Å². The molecule has 1 heterocycles. The second-order valence-electron chi connectivity index (χ2n) is 5.20. The molecule has 0 bridgehead atoms. The molecule has 0 spiro atoms. The Morgan fingerprint density at radius 1 is 1.58 bits per heavy atom. The fraction of sp³-hybridized carbons (Fsp3) is 0.429. The molecule has 1 N–H and O–H groups in total. The van der Waals surface area contributed by atoms with Crippen LogP contribution in [0.25, 0.3) is 11.1 Å². The van der Waals surface area contributed by atoms with Gasteiger partial charge in [-0.05, 0) is 31.2 Å². The van der Waals surface area contributed by atoms with Crippen LogP contribution in [0.15, 0.2) is 22.6 Å². The first-order valence-corrected chi connectivity index (χ1v) is 6.33. The number of nitrogens with zero attached hydrogens (tertiary/aromatic N) is 2. The second-order valence-corrected chi connectivity index (χ2v) is 5.20. The molecule has 5 heteroatoms. The molecule has 2 unspecified atom stereocenters. The van der Waals surface area contributed by atoms with E-state index in [2.05, 4.69) is 9.88 Å². The smallest absolute Gasteiger partial charge is 0.308 e. The minimum atomic E-state index is -0.695. The average Bonchev–Trinajstić information content (AvgIpc) is 3.06. The summed E-state index contributed by atoms with van der Waals surface area (Å²) in [6, 6.07) is 6.08. The van der Waals surface area contributed by atoms with E-state index in [4.69, 9.17) is 9.52 Å². The number of carboxylic acid groups (broad SMARTS) is 1. The van der Waals surface area contributed by atoms with Crippen molar-refractivity contribution in [2.75, 3.05) is 7.05 Å². The minimum Gasteiger partial charge on any atom is -0.481 e. The molecule has 1 saturated carbocycles. The number of carboxylic acids is 1. The van der Waals surface area contributed by atoms with Crippen LogP contribution < -0.4 is 0 Å². The normalized spacial score (nSPS) is 22.1. The molecule has 5 nitrogen and oxygen atoms in total. The quantitative estimate of drug-likeness (QED) is 0.911. The summed E-state index contributed by atoms with van der Waals surface area (Å²) in [7, 11) is 1.96. The van der Waals surface area contributed by atoms with Crippen LogP contribution in [0.5, 0.6) is 0 Å². The first-order valence-electron chi connectivity index (χ1n) is 6.33. The number of aryl methyl sites for hydroxylation is 1.